The topological polar surface area (TPSA) is 36.3 Å². The number of halogens is 2. The molecule has 34 valence electrons. The molecule has 0 atom stereocenters. The summed E-state index contributed by atoms with van der Waals surface area (Å²) in [6, 6.07) is 0. The standard InChI is InChI=1S/CF2N2O/c2-5(3)6-1-4. The number of hydrogen-bond acceptors (Lipinski definition) is 3. The van der Waals surface area contributed by atoms with E-state index < -0.39 is 5.51 Å². The van der Waals surface area contributed by atoms with Crippen molar-refractivity contribution < 1.29 is 13.8 Å². The number of hydrogen-bond donors (Lipinski definition) is 0. The zero-order valence-electron chi connectivity index (χ0n) is 2.56. The Morgan fingerprint density at radius 2 is 2.17 bits per heavy atom. The van der Waals surface area contributed by atoms with Crippen LogP contribution >= 0.6 is 0 Å². The van der Waals surface area contributed by atoms with Crippen molar-refractivity contribution in [2.75, 3.05) is 0 Å². The highest BCUT2D eigenvalue weighted by Crippen LogP contribution is 1.85. The van der Waals surface area contributed by atoms with Gasteiger partial charge in [-0.25, -0.2) is 0 Å². The Labute approximate surface area is 32.2 Å². The van der Waals surface area contributed by atoms with Gasteiger partial charge >= 0.3 is 6.26 Å². The molecule has 3 nitrogen and oxygen atoms in total. The molecular weight excluding hydrogens is 94.0 g/mol. The van der Waals surface area contributed by atoms with E-state index in [9.17, 15) is 8.96 Å². The van der Waals surface area contributed by atoms with Crippen LogP contribution in [0.3, 0.4) is 0 Å². The van der Waals surface area contributed by atoms with Gasteiger partial charge in [-0.15, -0.1) is 5.26 Å². The molecule has 6 heavy (non-hydrogen) atoms. The van der Waals surface area contributed by atoms with Crippen molar-refractivity contribution in [3.05, 3.63) is 0 Å². The monoisotopic (exact) mass is 94.0 g/mol. The van der Waals surface area contributed by atoms with Gasteiger partial charge < -0.3 is 0 Å². The van der Waals surface area contributed by atoms with Crippen LogP contribution in [-0.4, -0.2) is 5.51 Å². The van der Waals surface area contributed by atoms with Crippen LogP contribution in [-0.2, 0) is 4.84 Å². The molecule has 0 aromatic rings. The first-order valence-corrected chi connectivity index (χ1v) is 0.948. The summed E-state index contributed by atoms with van der Waals surface area (Å²) in [5.74, 6) is 0. The summed E-state index contributed by atoms with van der Waals surface area (Å²) in [6.45, 7) is 0. The molecule has 0 rings (SSSR count). The van der Waals surface area contributed by atoms with E-state index in [0.717, 1.165) is 6.26 Å². The first-order chi connectivity index (χ1) is 2.77. The maximum Gasteiger partial charge on any atom is 0.312 e. The fourth-order valence-corrected chi connectivity index (χ4v) is 0.0309. The minimum absolute atomic E-state index is 0.743. The highest BCUT2D eigenvalue weighted by molar-refractivity contribution is 4.38. The zero-order chi connectivity index (χ0) is 4.99. The molecule has 0 aliphatic rings. The lowest BCUT2D eigenvalue weighted by Crippen LogP contribution is -1.93. The van der Waals surface area contributed by atoms with E-state index in [-0.39, 0.29) is 0 Å². The molecule has 0 saturated heterocycles. The Kier molecular flexibility index (Phi) is 2.00. The lowest BCUT2D eigenvalue weighted by atomic mass is 11.6. The van der Waals surface area contributed by atoms with Crippen LogP contribution in [0, 0.1) is 11.5 Å². The summed E-state index contributed by atoms with van der Waals surface area (Å²) in [7, 11) is 0. The molecule has 0 unspecified atom stereocenters. The quantitative estimate of drug-likeness (QED) is 0.269. The van der Waals surface area contributed by atoms with Crippen LogP contribution in [0.4, 0.5) is 8.96 Å². The fraction of sp³-hybridized carbons (Fsp3) is 0. The average Bonchev–Trinajstić information content (AvgIpc) is 1.35. The van der Waals surface area contributed by atoms with Crippen molar-refractivity contribution in [1.29, 1.82) is 5.26 Å². The first kappa shape index (κ1) is 5.11. The van der Waals surface area contributed by atoms with Gasteiger partial charge in [0.15, 0.2) is 0 Å². The molecule has 5 heteroatoms. The van der Waals surface area contributed by atoms with Crippen LogP contribution in [0.15, 0.2) is 0 Å². The van der Waals surface area contributed by atoms with E-state index in [4.69, 9.17) is 5.26 Å². The van der Waals surface area contributed by atoms with Crippen molar-refractivity contribution in [2.24, 2.45) is 0 Å². The highest BCUT2D eigenvalue weighted by atomic mass is 19.4. The van der Waals surface area contributed by atoms with Crippen LogP contribution in [0.5, 0.6) is 0 Å². The van der Waals surface area contributed by atoms with Gasteiger partial charge in [0.05, 0.1) is 0 Å². The Bertz CT molecular complexity index is 66.4. The van der Waals surface area contributed by atoms with Crippen LogP contribution in [0.2, 0.25) is 0 Å². The van der Waals surface area contributed by atoms with Gasteiger partial charge in [0, 0.05) is 0 Å². The molecule has 0 radical (unpaired) electrons. The van der Waals surface area contributed by atoms with Crippen molar-refractivity contribution in [2.45, 2.75) is 0 Å². The van der Waals surface area contributed by atoms with Gasteiger partial charge in [0.1, 0.15) is 0 Å². The predicted molar refractivity (Wildman–Crippen MR) is 10.8 cm³/mol. The minimum atomic E-state index is -1.68. The maximum atomic E-state index is 10.4. The van der Waals surface area contributed by atoms with Gasteiger partial charge in [-0.05, 0) is 0 Å². The molecule has 0 aromatic carbocycles. The van der Waals surface area contributed by atoms with E-state index in [1.165, 1.54) is 0 Å². The van der Waals surface area contributed by atoms with Gasteiger partial charge in [-0.2, -0.15) is 0 Å². The second-order valence-corrected chi connectivity index (χ2v) is 0.384. The highest BCUT2D eigenvalue weighted by Gasteiger charge is 1.91. The smallest absolute Gasteiger partial charge is 0.266 e. The Hall–Kier alpha value is -0.890. The van der Waals surface area contributed by atoms with Gasteiger partial charge in [-0.3, -0.25) is 4.84 Å². The summed E-state index contributed by atoms with van der Waals surface area (Å²) >= 11 is 0. The molecule has 0 spiro atoms. The minimum Gasteiger partial charge on any atom is -0.266 e. The van der Waals surface area contributed by atoms with E-state index in [0.29, 0.717) is 0 Å². The largest absolute Gasteiger partial charge is 0.312 e. The Balaban J connectivity index is 2.88. The SMILES string of the molecule is N#CON(F)F. The average molecular weight is 94.0 g/mol. The molecular formula is CF2N2O. The second-order valence-electron chi connectivity index (χ2n) is 0.384. The first-order valence-electron chi connectivity index (χ1n) is 0.948. The molecule has 0 fully saturated rings. The summed E-state index contributed by atoms with van der Waals surface area (Å²) in [5.41, 5.74) is -1.68. The number of rotatable bonds is 1. The van der Waals surface area contributed by atoms with Gasteiger partial charge in [0.2, 0.25) is 5.51 Å². The van der Waals surface area contributed by atoms with Crippen LogP contribution < -0.4 is 0 Å². The second kappa shape index (κ2) is 2.35. The lowest BCUT2D eigenvalue weighted by Gasteiger charge is -1.84. The molecule has 0 N–H and O–H groups in total. The fourth-order valence-electron chi connectivity index (χ4n) is 0.0309. The molecule has 0 saturated carbocycles. The van der Waals surface area contributed by atoms with Crippen LogP contribution in [0.25, 0.3) is 0 Å². The maximum absolute atomic E-state index is 10.4. The molecule has 0 bridgehead atoms. The summed E-state index contributed by atoms with van der Waals surface area (Å²) in [6.07, 6.45) is 0.743. The van der Waals surface area contributed by atoms with Gasteiger partial charge in [0.25, 0.3) is 0 Å². The third-order valence-electron chi connectivity index (χ3n) is 0.110. The molecule has 0 aliphatic heterocycles. The van der Waals surface area contributed by atoms with Gasteiger partial charge in [-0.1, -0.05) is 8.96 Å². The van der Waals surface area contributed by atoms with Crippen molar-refractivity contribution in [1.82, 2.24) is 5.51 Å². The molecule has 0 heterocycles. The van der Waals surface area contributed by atoms with Crippen molar-refractivity contribution in [3.8, 4) is 6.26 Å². The van der Waals surface area contributed by atoms with E-state index >= 15 is 0 Å². The normalized spacial score (nSPS) is 7.67. The van der Waals surface area contributed by atoms with E-state index in [1.54, 1.807) is 0 Å². The third-order valence-corrected chi connectivity index (χ3v) is 0.110. The Morgan fingerprint density at radius 3 is 2.17 bits per heavy atom. The number of nitriles is 1. The summed E-state index contributed by atoms with van der Waals surface area (Å²) in [5, 5.41) is 7.24. The molecule has 0 aliphatic carbocycles. The van der Waals surface area contributed by atoms with E-state index in [1.807, 2.05) is 0 Å². The zero-order valence-corrected chi connectivity index (χ0v) is 2.56. The lowest BCUT2D eigenvalue weighted by molar-refractivity contribution is -0.357. The van der Waals surface area contributed by atoms with E-state index in [2.05, 4.69) is 4.84 Å². The summed E-state index contributed by atoms with van der Waals surface area (Å²) < 4.78 is 20.8. The van der Waals surface area contributed by atoms with Crippen molar-refractivity contribution in [3.63, 3.8) is 0 Å². The van der Waals surface area contributed by atoms with Crippen LogP contribution in [0.1, 0.15) is 0 Å². The summed E-state index contributed by atoms with van der Waals surface area (Å²) in [4.78, 5) is 2.85. The Morgan fingerprint density at radius 1 is 1.67 bits per heavy atom. The van der Waals surface area contributed by atoms with Crippen molar-refractivity contribution >= 4 is 0 Å². The third kappa shape index (κ3) is 3.11. The molecule has 0 amide bonds. The predicted octanol–water partition coefficient (Wildman–Crippen LogP) is 0.470. The number of nitrogens with zero attached hydrogens (tertiary/aromatic N) is 2. The molecule has 0 aromatic heterocycles.